The number of unbranched alkanes of at least 4 members (excludes halogenated alkanes) is 4. The summed E-state index contributed by atoms with van der Waals surface area (Å²) in [5.74, 6) is -0.0295. The van der Waals surface area contributed by atoms with Crippen molar-refractivity contribution in [3.05, 3.63) is 28.6 Å². The third kappa shape index (κ3) is 4.02. The van der Waals surface area contributed by atoms with Crippen LogP contribution in [0.2, 0.25) is 0 Å². The van der Waals surface area contributed by atoms with Crippen molar-refractivity contribution in [2.45, 2.75) is 58.9 Å². The van der Waals surface area contributed by atoms with Gasteiger partial charge < -0.3 is 20.1 Å². The predicted octanol–water partition coefficient (Wildman–Crippen LogP) is 4.05. The molecule has 2 aromatic rings. The molecule has 132 valence electrons. The Kier molecular flexibility index (Phi) is 6.53. The van der Waals surface area contributed by atoms with Gasteiger partial charge in [-0.3, -0.25) is 4.79 Å². The van der Waals surface area contributed by atoms with Crippen LogP contribution in [0.1, 0.15) is 52.4 Å². The van der Waals surface area contributed by atoms with Crippen molar-refractivity contribution in [3.63, 3.8) is 0 Å². The van der Waals surface area contributed by atoms with Gasteiger partial charge in [0.05, 0.1) is 12.1 Å². The van der Waals surface area contributed by atoms with Crippen LogP contribution in [-0.2, 0) is 6.54 Å². The van der Waals surface area contributed by atoms with Gasteiger partial charge in [0.25, 0.3) is 5.56 Å². The first-order valence-electron chi connectivity index (χ1n) is 8.87. The van der Waals surface area contributed by atoms with E-state index < -0.39 is 5.56 Å². The van der Waals surface area contributed by atoms with E-state index in [1.807, 2.05) is 6.07 Å². The van der Waals surface area contributed by atoms with E-state index in [0.717, 1.165) is 49.4 Å². The van der Waals surface area contributed by atoms with Gasteiger partial charge in [-0.05, 0) is 31.0 Å². The number of hydrogen-bond donors (Lipinski definition) is 2. The first-order valence-corrected chi connectivity index (χ1v) is 8.87. The number of anilines is 1. The van der Waals surface area contributed by atoms with Gasteiger partial charge in [0.1, 0.15) is 0 Å². The second-order valence-corrected chi connectivity index (χ2v) is 6.17. The van der Waals surface area contributed by atoms with E-state index in [2.05, 4.69) is 13.8 Å². The number of nitrogens with zero attached hydrogens (tertiary/aromatic N) is 1. The van der Waals surface area contributed by atoms with Crippen LogP contribution in [0.15, 0.2) is 23.0 Å². The summed E-state index contributed by atoms with van der Waals surface area (Å²) >= 11 is 0. The summed E-state index contributed by atoms with van der Waals surface area (Å²) in [4.78, 5) is 12.5. The molecule has 0 aliphatic carbocycles. The van der Waals surface area contributed by atoms with Gasteiger partial charge in [-0.15, -0.1) is 0 Å². The maximum Gasteiger partial charge on any atom is 0.297 e. The molecule has 3 N–H and O–H groups in total. The van der Waals surface area contributed by atoms with Gasteiger partial charge in [-0.25, -0.2) is 0 Å². The zero-order valence-corrected chi connectivity index (χ0v) is 14.7. The minimum Gasteiger partial charge on any atom is -0.500 e. The van der Waals surface area contributed by atoms with Gasteiger partial charge in [-0.2, -0.15) is 0 Å². The molecule has 0 atom stereocenters. The fourth-order valence-electron chi connectivity index (χ4n) is 2.81. The minimum absolute atomic E-state index is 0.277. The van der Waals surface area contributed by atoms with Crippen molar-refractivity contribution in [3.8, 4) is 11.5 Å². The highest BCUT2D eigenvalue weighted by atomic mass is 16.5. The molecule has 5 heteroatoms. The highest BCUT2D eigenvalue weighted by Gasteiger charge is 2.17. The van der Waals surface area contributed by atoms with Gasteiger partial charge in [-0.1, -0.05) is 39.5 Å². The van der Waals surface area contributed by atoms with Crippen molar-refractivity contribution in [1.29, 1.82) is 0 Å². The summed E-state index contributed by atoms with van der Waals surface area (Å²) in [5, 5.41) is 11.1. The number of pyridine rings is 1. The first-order chi connectivity index (χ1) is 11.6. The average Bonchev–Trinajstić information content (AvgIpc) is 2.57. The molecule has 1 aromatic heterocycles. The molecule has 0 saturated heterocycles. The van der Waals surface area contributed by atoms with Crippen LogP contribution in [0, 0.1) is 0 Å². The van der Waals surface area contributed by atoms with Gasteiger partial charge >= 0.3 is 0 Å². The van der Waals surface area contributed by atoms with E-state index >= 15 is 0 Å². The zero-order chi connectivity index (χ0) is 17.5. The molecule has 0 fully saturated rings. The van der Waals surface area contributed by atoms with E-state index in [1.165, 1.54) is 0 Å². The SMILES string of the molecule is CCCCCCOc1c(O)c(=O)n(CCCC)c2cc(N)ccc12. The molecule has 0 radical (unpaired) electrons. The van der Waals surface area contributed by atoms with Gasteiger partial charge in [0.2, 0.25) is 5.75 Å². The Hall–Kier alpha value is -2.17. The third-order valence-corrected chi connectivity index (χ3v) is 4.20. The Bertz CT molecular complexity index is 737. The largest absolute Gasteiger partial charge is 0.500 e. The van der Waals surface area contributed by atoms with E-state index in [9.17, 15) is 9.90 Å². The molecule has 1 aromatic carbocycles. The van der Waals surface area contributed by atoms with Crippen molar-refractivity contribution in [2.24, 2.45) is 0 Å². The monoisotopic (exact) mass is 332 g/mol. The fraction of sp³-hybridized carbons (Fsp3) is 0.526. The van der Waals surface area contributed by atoms with E-state index in [1.54, 1.807) is 16.7 Å². The number of ether oxygens (including phenoxy) is 1. The van der Waals surface area contributed by atoms with Crippen molar-refractivity contribution < 1.29 is 9.84 Å². The number of rotatable bonds is 9. The van der Waals surface area contributed by atoms with Crippen LogP contribution in [0.3, 0.4) is 0 Å². The van der Waals surface area contributed by atoms with Crippen LogP contribution in [0.5, 0.6) is 11.5 Å². The predicted molar refractivity (Wildman–Crippen MR) is 98.8 cm³/mol. The molecule has 0 amide bonds. The quantitative estimate of drug-likeness (QED) is 0.536. The number of aromatic hydroxyl groups is 1. The van der Waals surface area contributed by atoms with Crippen LogP contribution < -0.4 is 16.0 Å². The number of nitrogen functional groups attached to an aromatic ring is 1. The summed E-state index contributed by atoms with van der Waals surface area (Å²) in [6, 6.07) is 5.35. The van der Waals surface area contributed by atoms with E-state index in [0.29, 0.717) is 18.8 Å². The van der Waals surface area contributed by atoms with Crippen LogP contribution in [-0.4, -0.2) is 16.3 Å². The third-order valence-electron chi connectivity index (χ3n) is 4.20. The Balaban J connectivity index is 2.40. The molecule has 0 aliphatic rings. The molecule has 0 spiro atoms. The minimum atomic E-state index is -0.412. The molecule has 24 heavy (non-hydrogen) atoms. The normalized spacial score (nSPS) is 11.1. The van der Waals surface area contributed by atoms with E-state index in [-0.39, 0.29) is 11.5 Å². The smallest absolute Gasteiger partial charge is 0.297 e. The Morgan fingerprint density at radius 2 is 1.88 bits per heavy atom. The molecule has 0 aliphatic heterocycles. The number of benzene rings is 1. The van der Waals surface area contributed by atoms with Crippen LogP contribution in [0.4, 0.5) is 5.69 Å². The number of fused-ring (bicyclic) bond motifs is 1. The van der Waals surface area contributed by atoms with Gasteiger partial charge in [0.15, 0.2) is 5.75 Å². The lowest BCUT2D eigenvalue weighted by Gasteiger charge is -2.16. The second-order valence-electron chi connectivity index (χ2n) is 6.17. The van der Waals surface area contributed by atoms with Crippen molar-refractivity contribution in [1.82, 2.24) is 4.57 Å². The molecule has 2 rings (SSSR count). The Labute approximate surface area is 143 Å². The molecule has 1 heterocycles. The Morgan fingerprint density at radius 3 is 2.58 bits per heavy atom. The summed E-state index contributed by atoms with van der Waals surface area (Å²) in [7, 11) is 0. The molecule has 0 bridgehead atoms. The maximum atomic E-state index is 12.5. The fourth-order valence-corrected chi connectivity index (χ4v) is 2.81. The summed E-state index contributed by atoms with van der Waals surface area (Å²) in [6.45, 7) is 5.26. The van der Waals surface area contributed by atoms with Crippen molar-refractivity contribution >= 4 is 16.6 Å². The second kappa shape index (κ2) is 8.62. The first kappa shape index (κ1) is 18.2. The molecule has 5 nitrogen and oxygen atoms in total. The number of aryl methyl sites for hydroxylation is 1. The topological polar surface area (TPSA) is 77.5 Å². The summed E-state index contributed by atoms with van der Waals surface area (Å²) in [6.07, 6.45) is 6.12. The van der Waals surface area contributed by atoms with Gasteiger partial charge in [0, 0.05) is 17.6 Å². The Morgan fingerprint density at radius 1 is 1.12 bits per heavy atom. The lowest BCUT2D eigenvalue weighted by atomic mass is 10.1. The van der Waals surface area contributed by atoms with Crippen LogP contribution in [0.25, 0.3) is 10.9 Å². The summed E-state index contributed by atoms with van der Waals surface area (Å²) in [5.41, 5.74) is 6.79. The highest BCUT2D eigenvalue weighted by molar-refractivity contribution is 5.89. The number of nitrogens with two attached hydrogens (primary N) is 1. The lowest BCUT2D eigenvalue weighted by molar-refractivity contribution is 0.290. The number of hydrogen-bond acceptors (Lipinski definition) is 4. The average molecular weight is 332 g/mol. The maximum absolute atomic E-state index is 12.5. The van der Waals surface area contributed by atoms with Crippen molar-refractivity contribution in [2.75, 3.05) is 12.3 Å². The van der Waals surface area contributed by atoms with E-state index in [4.69, 9.17) is 10.5 Å². The summed E-state index contributed by atoms with van der Waals surface area (Å²) < 4.78 is 7.36. The molecule has 0 unspecified atom stereocenters. The van der Waals surface area contributed by atoms with Crippen LogP contribution >= 0.6 is 0 Å². The number of aromatic nitrogens is 1. The standard InChI is InChI=1S/C19H28N2O3/c1-3-5-7-8-12-24-18-15-10-9-14(20)13-16(15)21(11-6-4-2)19(23)17(18)22/h9-10,13,22H,3-8,11-12,20H2,1-2H3. The zero-order valence-electron chi connectivity index (χ0n) is 14.7. The molecular weight excluding hydrogens is 304 g/mol. The molecular formula is C19H28N2O3. The molecule has 0 saturated carbocycles. The highest BCUT2D eigenvalue weighted by Crippen LogP contribution is 2.33. The lowest BCUT2D eigenvalue weighted by Crippen LogP contribution is -2.21.